The Morgan fingerprint density at radius 3 is 2.38 bits per heavy atom. The van der Waals surface area contributed by atoms with E-state index in [-0.39, 0.29) is 0 Å². The number of hydrogen-bond acceptors (Lipinski definition) is 2. The van der Waals surface area contributed by atoms with Gasteiger partial charge in [-0.15, -0.1) is 0 Å². The molecule has 0 bridgehead atoms. The zero-order valence-electron chi connectivity index (χ0n) is 5.31. The minimum atomic E-state index is 0.425. The summed E-state index contributed by atoms with van der Waals surface area (Å²) in [5, 5.41) is 0. The lowest BCUT2D eigenvalue weighted by molar-refractivity contribution is -0.104. The average Bonchev–Trinajstić information content (AvgIpc) is 1.64. The van der Waals surface area contributed by atoms with Gasteiger partial charge in [0.2, 0.25) is 0 Å². The summed E-state index contributed by atoms with van der Waals surface area (Å²) < 4.78 is 5.03. The fourth-order valence-corrected chi connectivity index (χ4v) is 0.943. The molecule has 1 fully saturated rings. The fourth-order valence-electron chi connectivity index (χ4n) is 0.943. The normalized spacial score (nSPS) is 24.8. The van der Waals surface area contributed by atoms with Gasteiger partial charge in [-0.1, -0.05) is 6.92 Å². The molecule has 0 aromatic carbocycles. The molecule has 8 heavy (non-hydrogen) atoms. The number of rotatable bonds is 2. The third-order valence-electron chi connectivity index (χ3n) is 1.65. The van der Waals surface area contributed by atoms with Crippen LogP contribution in [0, 0.1) is 5.41 Å². The van der Waals surface area contributed by atoms with Crippen LogP contribution < -0.4 is 5.73 Å². The Labute approximate surface area is 50.0 Å². The molecule has 0 unspecified atom stereocenters. The fraction of sp³-hybridized carbons (Fsp3) is 1.00. The SMILES string of the molecule is CC1(CCN)COC1. The van der Waals surface area contributed by atoms with Crippen LogP contribution in [0.3, 0.4) is 0 Å². The molecular weight excluding hydrogens is 102 g/mol. The smallest absolute Gasteiger partial charge is 0.0542 e. The molecule has 0 aliphatic carbocycles. The quantitative estimate of drug-likeness (QED) is 0.564. The maximum atomic E-state index is 5.37. The first-order valence-electron chi connectivity index (χ1n) is 3.05. The molecule has 0 radical (unpaired) electrons. The van der Waals surface area contributed by atoms with E-state index < -0.39 is 0 Å². The maximum absolute atomic E-state index is 5.37. The summed E-state index contributed by atoms with van der Waals surface area (Å²) in [6.45, 7) is 4.82. The summed E-state index contributed by atoms with van der Waals surface area (Å²) in [6.07, 6.45) is 1.10. The molecule has 0 amide bonds. The highest BCUT2D eigenvalue weighted by Crippen LogP contribution is 2.29. The van der Waals surface area contributed by atoms with Crippen LogP contribution in [-0.4, -0.2) is 19.8 Å². The van der Waals surface area contributed by atoms with Gasteiger partial charge in [0, 0.05) is 5.41 Å². The van der Waals surface area contributed by atoms with E-state index in [2.05, 4.69) is 6.92 Å². The van der Waals surface area contributed by atoms with Gasteiger partial charge in [-0.05, 0) is 13.0 Å². The van der Waals surface area contributed by atoms with E-state index in [0.29, 0.717) is 5.41 Å². The highest BCUT2D eigenvalue weighted by atomic mass is 16.5. The predicted molar refractivity (Wildman–Crippen MR) is 32.6 cm³/mol. The van der Waals surface area contributed by atoms with Crippen LogP contribution in [0.4, 0.5) is 0 Å². The van der Waals surface area contributed by atoms with Crippen LogP contribution in [0.1, 0.15) is 13.3 Å². The number of hydrogen-bond donors (Lipinski definition) is 1. The monoisotopic (exact) mass is 115 g/mol. The standard InChI is InChI=1S/C6H13NO/c1-6(2-3-7)4-8-5-6/h2-5,7H2,1H3. The number of nitrogens with two attached hydrogens (primary N) is 1. The minimum Gasteiger partial charge on any atom is -0.380 e. The van der Waals surface area contributed by atoms with E-state index >= 15 is 0 Å². The summed E-state index contributed by atoms with van der Waals surface area (Å²) >= 11 is 0. The van der Waals surface area contributed by atoms with Crippen LogP contribution in [0.15, 0.2) is 0 Å². The Kier molecular flexibility index (Phi) is 1.54. The first-order chi connectivity index (χ1) is 3.77. The van der Waals surface area contributed by atoms with Gasteiger partial charge >= 0.3 is 0 Å². The van der Waals surface area contributed by atoms with E-state index in [1.807, 2.05) is 0 Å². The van der Waals surface area contributed by atoms with Crippen molar-refractivity contribution in [3.05, 3.63) is 0 Å². The summed E-state index contributed by atoms with van der Waals surface area (Å²) in [5.74, 6) is 0. The highest BCUT2D eigenvalue weighted by Gasteiger charge is 2.31. The van der Waals surface area contributed by atoms with Crippen molar-refractivity contribution in [2.75, 3.05) is 19.8 Å². The molecule has 2 nitrogen and oxygen atoms in total. The lowest BCUT2D eigenvalue weighted by Crippen LogP contribution is -2.41. The Morgan fingerprint density at radius 1 is 1.62 bits per heavy atom. The molecule has 0 atom stereocenters. The average molecular weight is 115 g/mol. The van der Waals surface area contributed by atoms with Gasteiger partial charge in [0.15, 0.2) is 0 Å². The van der Waals surface area contributed by atoms with Gasteiger partial charge in [0.1, 0.15) is 0 Å². The predicted octanol–water partition coefficient (Wildman–Crippen LogP) is 0.372. The second-order valence-electron chi connectivity index (χ2n) is 2.84. The molecule has 0 saturated carbocycles. The molecule has 2 N–H and O–H groups in total. The number of ether oxygens (including phenoxy) is 1. The Bertz CT molecular complexity index is 78.6. The molecule has 0 aromatic heterocycles. The summed E-state index contributed by atoms with van der Waals surface area (Å²) in [5.41, 5.74) is 5.79. The van der Waals surface area contributed by atoms with Crippen LogP contribution in [0.2, 0.25) is 0 Å². The molecule has 1 aliphatic rings. The van der Waals surface area contributed by atoms with Crippen molar-refractivity contribution in [2.24, 2.45) is 11.1 Å². The van der Waals surface area contributed by atoms with Gasteiger partial charge in [-0.25, -0.2) is 0 Å². The topological polar surface area (TPSA) is 35.2 Å². The largest absolute Gasteiger partial charge is 0.380 e. The minimum absolute atomic E-state index is 0.425. The zero-order chi connectivity index (χ0) is 6.04. The van der Waals surface area contributed by atoms with E-state index in [0.717, 1.165) is 26.2 Å². The molecular formula is C6H13NO. The Hall–Kier alpha value is -0.0800. The van der Waals surface area contributed by atoms with E-state index in [1.54, 1.807) is 0 Å². The third kappa shape index (κ3) is 1.01. The third-order valence-corrected chi connectivity index (χ3v) is 1.65. The van der Waals surface area contributed by atoms with Crippen molar-refractivity contribution in [3.8, 4) is 0 Å². The summed E-state index contributed by atoms with van der Waals surface area (Å²) in [6, 6.07) is 0. The van der Waals surface area contributed by atoms with Gasteiger partial charge < -0.3 is 10.5 Å². The van der Waals surface area contributed by atoms with Crippen LogP contribution in [0.25, 0.3) is 0 Å². The highest BCUT2D eigenvalue weighted by molar-refractivity contribution is 4.80. The van der Waals surface area contributed by atoms with Gasteiger partial charge in [0.25, 0.3) is 0 Å². The molecule has 1 aliphatic heterocycles. The first kappa shape index (κ1) is 6.05. The lowest BCUT2D eigenvalue weighted by Gasteiger charge is -2.37. The molecule has 0 spiro atoms. The van der Waals surface area contributed by atoms with E-state index in [1.165, 1.54) is 0 Å². The molecule has 0 aromatic rings. The van der Waals surface area contributed by atoms with E-state index in [4.69, 9.17) is 10.5 Å². The Morgan fingerprint density at radius 2 is 2.25 bits per heavy atom. The van der Waals surface area contributed by atoms with Crippen molar-refractivity contribution >= 4 is 0 Å². The van der Waals surface area contributed by atoms with E-state index in [9.17, 15) is 0 Å². The van der Waals surface area contributed by atoms with Crippen molar-refractivity contribution in [1.82, 2.24) is 0 Å². The van der Waals surface area contributed by atoms with Crippen LogP contribution in [-0.2, 0) is 4.74 Å². The van der Waals surface area contributed by atoms with Gasteiger partial charge in [-0.2, -0.15) is 0 Å². The van der Waals surface area contributed by atoms with Crippen molar-refractivity contribution in [2.45, 2.75) is 13.3 Å². The molecule has 48 valence electrons. The maximum Gasteiger partial charge on any atom is 0.0542 e. The molecule has 1 saturated heterocycles. The second kappa shape index (κ2) is 2.03. The first-order valence-corrected chi connectivity index (χ1v) is 3.05. The lowest BCUT2D eigenvalue weighted by atomic mass is 9.85. The summed E-state index contributed by atoms with van der Waals surface area (Å²) in [4.78, 5) is 0. The molecule has 2 heteroatoms. The zero-order valence-corrected chi connectivity index (χ0v) is 5.31. The van der Waals surface area contributed by atoms with Crippen LogP contribution in [0.5, 0.6) is 0 Å². The molecule has 1 heterocycles. The summed E-state index contributed by atoms with van der Waals surface area (Å²) in [7, 11) is 0. The second-order valence-corrected chi connectivity index (χ2v) is 2.84. The molecule has 1 rings (SSSR count). The van der Waals surface area contributed by atoms with Gasteiger partial charge in [-0.3, -0.25) is 0 Å². The van der Waals surface area contributed by atoms with Crippen molar-refractivity contribution in [1.29, 1.82) is 0 Å². The van der Waals surface area contributed by atoms with Crippen LogP contribution >= 0.6 is 0 Å². The van der Waals surface area contributed by atoms with Crippen molar-refractivity contribution in [3.63, 3.8) is 0 Å². The van der Waals surface area contributed by atoms with Gasteiger partial charge in [0.05, 0.1) is 13.2 Å². The van der Waals surface area contributed by atoms with Crippen molar-refractivity contribution < 1.29 is 4.74 Å². The Balaban J connectivity index is 2.20.